The SMILES string of the molecule is CC(C)(C(=O)NCCC1=CCCCC1)C(=O)N1CCCCCC1. The lowest BCUT2D eigenvalue weighted by atomic mass is 9.90. The molecule has 0 unspecified atom stereocenters. The molecule has 0 radical (unpaired) electrons. The van der Waals surface area contributed by atoms with Crippen molar-refractivity contribution in [3.63, 3.8) is 0 Å². The molecule has 1 aliphatic carbocycles. The highest BCUT2D eigenvalue weighted by atomic mass is 16.2. The quantitative estimate of drug-likeness (QED) is 0.623. The van der Waals surface area contributed by atoms with E-state index >= 15 is 0 Å². The molecule has 0 aromatic heterocycles. The Morgan fingerprint density at radius 2 is 1.78 bits per heavy atom. The summed E-state index contributed by atoms with van der Waals surface area (Å²) < 4.78 is 0. The van der Waals surface area contributed by atoms with Crippen LogP contribution < -0.4 is 5.32 Å². The largest absolute Gasteiger partial charge is 0.355 e. The first-order valence-electron chi connectivity index (χ1n) is 9.27. The van der Waals surface area contributed by atoms with Crippen molar-refractivity contribution in [2.45, 2.75) is 71.6 Å². The standard InChI is InChI=1S/C19H32N2O2/c1-19(2,18(23)21-14-8-3-4-9-15-21)17(22)20-13-12-16-10-6-5-7-11-16/h10H,3-9,11-15H2,1-2H3,(H,20,22). The minimum Gasteiger partial charge on any atom is -0.355 e. The molecule has 130 valence electrons. The van der Waals surface area contributed by atoms with Crippen molar-refractivity contribution in [2.75, 3.05) is 19.6 Å². The van der Waals surface area contributed by atoms with Gasteiger partial charge in [0.15, 0.2) is 0 Å². The topological polar surface area (TPSA) is 49.4 Å². The van der Waals surface area contributed by atoms with Gasteiger partial charge in [0, 0.05) is 19.6 Å². The van der Waals surface area contributed by atoms with Crippen LogP contribution in [0.1, 0.15) is 71.6 Å². The van der Waals surface area contributed by atoms with E-state index < -0.39 is 5.41 Å². The van der Waals surface area contributed by atoms with Gasteiger partial charge in [-0.3, -0.25) is 9.59 Å². The molecule has 1 saturated heterocycles. The van der Waals surface area contributed by atoms with Crippen molar-refractivity contribution >= 4 is 11.8 Å². The van der Waals surface area contributed by atoms with Crippen molar-refractivity contribution < 1.29 is 9.59 Å². The van der Waals surface area contributed by atoms with Crippen LogP contribution in [-0.2, 0) is 9.59 Å². The van der Waals surface area contributed by atoms with Crippen molar-refractivity contribution in [1.29, 1.82) is 0 Å². The van der Waals surface area contributed by atoms with Gasteiger partial charge >= 0.3 is 0 Å². The van der Waals surface area contributed by atoms with Crippen molar-refractivity contribution in [1.82, 2.24) is 10.2 Å². The molecule has 0 saturated carbocycles. The van der Waals surface area contributed by atoms with E-state index in [4.69, 9.17) is 0 Å². The first-order chi connectivity index (χ1) is 11.0. The van der Waals surface area contributed by atoms with Crippen LogP contribution in [0, 0.1) is 5.41 Å². The lowest BCUT2D eigenvalue weighted by molar-refractivity contribution is -0.148. The molecule has 0 spiro atoms. The maximum atomic E-state index is 12.7. The van der Waals surface area contributed by atoms with Crippen LogP contribution in [-0.4, -0.2) is 36.3 Å². The monoisotopic (exact) mass is 320 g/mol. The Balaban J connectivity index is 1.83. The lowest BCUT2D eigenvalue weighted by Crippen LogP contribution is -2.50. The Morgan fingerprint density at radius 1 is 1.09 bits per heavy atom. The molecule has 4 heteroatoms. The van der Waals surface area contributed by atoms with E-state index in [2.05, 4.69) is 11.4 Å². The summed E-state index contributed by atoms with van der Waals surface area (Å²) >= 11 is 0. The minimum absolute atomic E-state index is 0.0196. The Labute approximate surface area is 140 Å². The van der Waals surface area contributed by atoms with Gasteiger partial charge in [-0.1, -0.05) is 24.5 Å². The van der Waals surface area contributed by atoms with E-state index in [0.717, 1.165) is 38.8 Å². The van der Waals surface area contributed by atoms with Crippen LogP contribution >= 0.6 is 0 Å². The van der Waals surface area contributed by atoms with Gasteiger partial charge in [0.25, 0.3) is 0 Å². The van der Waals surface area contributed by atoms with E-state index in [1.54, 1.807) is 13.8 Å². The van der Waals surface area contributed by atoms with Crippen LogP contribution in [0.4, 0.5) is 0 Å². The van der Waals surface area contributed by atoms with Gasteiger partial charge in [0.1, 0.15) is 5.41 Å². The molecule has 23 heavy (non-hydrogen) atoms. The fourth-order valence-electron chi connectivity index (χ4n) is 3.46. The van der Waals surface area contributed by atoms with Crippen LogP contribution in [0.5, 0.6) is 0 Å². The maximum Gasteiger partial charge on any atom is 0.237 e. The van der Waals surface area contributed by atoms with Crippen LogP contribution in [0.2, 0.25) is 0 Å². The third kappa shape index (κ3) is 5.08. The van der Waals surface area contributed by atoms with E-state index in [9.17, 15) is 9.59 Å². The number of nitrogens with zero attached hydrogens (tertiary/aromatic N) is 1. The number of hydrogen-bond donors (Lipinski definition) is 1. The minimum atomic E-state index is -0.967. The number of allylic oxidation sites excluding steroid dienone is 1. The van der Waals surface area contributed by atoms with Crippen molar-refractivity contribution in [3.05, 3.63) is 11.6 Å². The van der Waals surface area contributed by atoms with E-state index in [-0.39, 0.29) is 11.8 Å². The Bertz CT molecular complexity index is 446. The number of carbonyl (C=O) groups excluding carboxylic acids is 2. The van der Waals surface area contributed by atoms with Gasteiger partial charge in [-0.2, -0.15) is 0 Å². The fourth-order valence-corrected chi connectivity index (χ4v) is 3.46. The predicted molar refractivity (Wildman–Crippen MR) is 93.0 cm³/mol. The van der Waals surface area contributed by atoms with E-state index in [1.165, 1.54) is 37.7 Å². The van der Waals surface area contributed by atoms with Gasteiger partial charge in [-0.05, 0) is 58.8 Å². The second kappa shape index (κ2) is 8.51. The summed E-state index contributed by atoms with van der Waals surface area (Å²) in [5, 5.41) is 2.98. The van der Waals surface area contributed by atoms with Gasteiger partial charge in [-0.15, -0.1) is 0 Å². The predicted octanol–water partition coefficient (Wildman–Crippen LogP) is 3.42. The fraction of sp³-hybridized carbons (Fsp3) is 0.789. The summed E-state index contributed by atoms with van der Waals surface area (Å²) in [6.45, 7) is 5.75. The first-order valence-corrected chi connectivity index (χ1v) is 9.27. The van der Waals surface area contributed by atoms with Gasteiger partial charge in [0.2, 0.25) is 11.8 Å². The smallest absolute Gasteiger partial charge is 0.237 e. The summed E-state index contributed by atoms with van der Waals surface area (Å²) in [5.41, 5.74) is 0.485. The zero-order valence-corrected chi connectivity index (χ0v) is 14.8. The highest BCUT2D eigenvalue weighted by Gasteiger charge is 2.38. The molecule has 4 nitrogen and oxygen atoms in total. The van der Waals surface area contributed by atoms with Gasteiger partial charge < -0.3 is 10.2 Å². The number of rotatable bonds is 5. The van der Waals surface area contributed by atoms with E-state index in [1.807, 2.05) is 4.90 Å². The lowest BCUT2D eigenvalue weighted by Gasteiger charge is -2.30. The molecule has 2 rings (SSSR count). The van der Waals surface area contributed by atoms with Gasteiger partial charge in [-0.25, -0.2) is 0 Å². The normalized spacial score (nSPS) is 19.7. The summed E-state index contributed by atoms with van der Waals surface area (Å²) in [6, 6.07) is 0. The van der Waals surface area contributed by atoms with Crippen LogP contribution in [0.3, 0.4) is 0 Å². The molecule has 1 heterocycles. The second-order valence-corrected chi connectivity index (χ2v) is 7.45. The third-order valence-electron chi connectivity index (χ3n) is 5.11. The summed E-state index contributed by atoms with van der Waals surface area (Å²) in [4.78, 5) is 27.1. The van der Waals surface area contributed by atoms with Crippen molar-refractivity contribution in [2.24, 2.45) is 5.41 Å². The summed E-state index contributed by atoms with van der Waals surface area (Å²) in [5.74, 6) is -0.156. The highest BCUT2D eigenvalue weighted by Crippen LogP contribution is 2.23. The molecular formula is C19H32N2O2. The maximum absolute atomic E-state index is 12.7. The third-order valence-corrected chi connectivity index (χ3v) is 5.11. The number of likely N-dealkylation sites (tertiary alicyclic amines) is 1. The zero-order valence-electron chi connectivity index (χ0n) is 14.8. The molecular weight excluding hydrogens is 288 g/mol. The molecule has 0 aromatic carbocycles. The summed E-state index contributed by atoms with van der Waals surface area (Å²) in [6.07, 6.45) is 12.6. The van der Waals surface area contributed by atoms with Crippen LogP contribution in [0.25, 0.3) is 0 Å². The number of nitrogens with one attached hydrogen (secondary N) is 1. The molecule has 1 aliphatic heterocycles. The Morgan fingerprint density at radius 3 is 2.39 bits per heavy atom. The Hall–Kier alpha value is -1.32. The number of amides is 2. The average Bonchev–Trinajstić information content (AvgIpc) is 2.84. The molecule has 2 aliphatic rings. The van der Waals surface area contributed by atoms with Gasteiger partial charge in [0.05, 0.1) is 0 Å². The van der Waals surface area contributed by atoms with Crippen molar-refractivity contribution in [3.8, 4) is 0 Å². The van der Waals surface area contributed by atoms with E-state index in [0.29, 0.717) is 6.54 Å². The zero-order chi connectivity index (χ0) is 16.7. The summed E-state index contributed by atoms with van der Waals surface area (Å²) in [7, 11) is 0. The number of carbonyl (C=O) groups is 2. The first kappa shape index (κ1) is 18.0. The molecule has 0 aromatic rings. The molecule has 0 atom stereocenters. The Kier molecular flexibility index (Phi) is 6.67. The second-order valence-electron chi connectivity index (χ2n) is 7.45. The molecule has 1 N–H and O–H groups in total. The molecule has 2 amide bonds. The molecule has 1 fully saturated rings. The highest BCUT2D eigenvalue weighted by molar-refractivity contribution is 6.04. The molecule has 0 bridgehead atoms. The van der Waals surface area contributed by atoms with Crippen LogP contribution in [0.15, 0.2) is 11.6 Å². The number of hydrogen-bond acceptors (Lipinski definition) is 2. The average molecular weight is 320 g/mol.